The van der Waals surface area contributed by atoms with Crippen molar-refractivity contribution in [1.29, 1.82) is 0 Å². The Balaban J connectivity index is 2.12. The van der Waals surface area contributed by atoms with Gasteiger partial charge < -0.3 is 4.74 Å². The molecule has 0 bridgehead atoms. The van der Waals surface area contributed by atoms with Gasteiger partial charge in [0.15, 0.2) is 5.75 Å². The number of rotatable bonds is 0. The Morgan fingerprint density at radius 1 is 0.947 bits per heavy atom. The first-order chi connectivity index (χ1) is 9.33. The van der Waals surface area contributed by atoms with Gasteiger partial charge in [0.05, 0.1) is 16.9 Å². The summed E-state index contributed by atoms with van der Waals surface area (Å²) >= 11 is 0. The van der Waals surface area contributed by atoms with Gasteiger partial charge in [0, 0.05) is 6.20 Å². The molecule has 1 aliphatic rings. The van der Waals surface area contributed by atoms with Crippen LogP contribution in [-0.4, -0.2) is 9.55 Å². The summed E-state index contributed by atoms with van der Waals surface area (Å²) in [7, 11) is 0. The second-order valence-electron chi connectivity index (χ2n) is 4.64. The highest BCUT2D eigenvalue weighted by atomic mass is 16.5. The molecule has 0 radical (unpaired) electrons. The summed E-state index contributed by atoms with van der Waals surface area (Å²) in [6.07, 6.45) is 2.04. The Hall–Kier alpha value is -2.55. The molecule has 0 saturated heterocycles. The van der Waals surface area contributed by atoms with Crippen molar-refractivity contribution in [3.05, 3.63) is 60.4 Å². The molecule has 1 aliphatic heterocycles. The van der Waals surface area contributed by atoms with E-state index in [0.717, 1.165) is 34.3 Å². The molecule has 2 aromatic carbocycles. The maximum absolute atomic E-state index is 6.02. The quantitative estimate of drug-likeness (QED) is 0.471. The average molecular weight is 248 g/mol. The van der Waals surface area contributed by atoms with Crippen LogP contribution in [-0.2, 0) is 0 Å². The lowest BCUT2D eigenvalue weighted by molar-refractivity contribution is 0.485. The first kappa shape index (κ1) is 10.4. The van der Waals surface area contributed by atoms with E-state index in [0.29, 0.717) is 0 Å². The van der Waals surface area contributed by atoms with Crippen molar-refractivity contribution in [3.63, 3.8) is 0 Å². The maximum Gasteiger partial charge on any atom is 0.151 e. The van der Waals surface area contributed by atoms with Gasteiger partial charge in [-0.25, -0.2) is 4.98 Å². The van der Waals surface area contributed by atoms with E-state index in [9.17, 15) is 0 Å². The molecule has 3 aromatic rings. The predicted molar refractivity (Wildman–Crippen MR) is 73.8 cm³/mol. The van der Waals surface area contributed by atoms with E-state index in [1.807, 2.05) is 61.7 Å². The lowest BCUT2D eigenvalue weighted by atomic mass is 10.2. The third kappa shape index (κ3) is 1.48. The minimum absolute atomic E-state index is 0.847. The number of aryl methyl sites for hydroxylation is 1. The third-order valence-electron chi connectivity index (χ3n) is 3.30. The molecule has 92 valence electrons. The smallest absolute Gasteiger partial charge is 0.151 e. The van der Waals surface area contributed by atoms with Crippen LogP contribution in [0.1, 0.15) is 5.69 Å². The summed E-state index contributed by atoms with van der Waals surface area (Å²) in [4.78, 5) is 4.63. The van der Waals surface area contributed by atoms with Crippen molar-refractivity contribution >= 4 is 0 Å². The van der Waals surface area contributed by atoms with Gasteiger partial charge in [-0.05, 0) is 31.2 Å². The van der Waals surface area contributed by atoms with Crippen LogP contribution in [0.15, 0.2) is 54.7 Å². The molecule has 4 rings (SSSR count). The van der Waals surface area contributed by atoms with Crippen molar-refractivity contribution in [2.45, 2.75) is 6.92 Å². The predicted octanol–water partition coefficient (Wildman–Crippen LogP) is 3.95. The van der Waals surface area contributed by atoms with Crippen molar-refractivity contribution in [2.24, 2.45) is 0 Å². The highest BCUT2D eigenvalue weighted by molar-refractivity contribution is 5.71. The van der Waals surface area contributed by atoms with Gasteiger partial charge in [0.2, 0.25) is 0 Å². The van der Waals surface area contributed by atoms with Crippen molar-refractivity contribution in [2.75, 3.05) is 0 Å². The van der Waals surface area contributed by atoms with Gasteiger partial charge in [0.1, 0.15) is 11.6 Å². The van der Waals surface area contributed by atoms with E-state index in [2.05, 4.69) is 9.55 Å². The molecule has 0 unspecified atom stereocenters. The average Bonchev–Trinajstić information content (AvgIpc) is 2.76. The first-order valence-electron chi connectivity index (χ1n) is 6.25. The summed E-state index contributed by atoms with van der Waals surface area (Å²) in [5.74, 6) is 2.63. The Morgan fingerprint density at radius 2 is 1.68 bits per heavy atom. The number of hydrogen-bond acceptors (Lipinski definition) is 2. The highest BCUT2D eigenvalue weighted by Gasteiger charge is 2.21. The largest absolute Gasteiger partial charge is 0.454 e. The second kappa shape index (κ2) is 3.72. The van der Waals surface area contributed by atoms with Crippen LogP contribution >= 0.6 is 0 Å². The molecule has 19 heavy (non-hydrogen) atoms. The summed E-state index contributed by atoms with van der Waals surface area (Å²) in [5, 5.41) is 0. The SMILES string of the molecule is Cc1cn2c(n1)-c1ccccc1Oc1ccccc1-2. The minimum Gasteiger partial charge on any atom is -0.454 e. The number of benzene rings is 2. The molecule has 2 heterocycles. The molecule has 0 saturated carbocycles. The lowest BCUT2D eigenvalue weighted by Gasteiger charge is -2.08. The number of fused-ring (bicyclic) bond motifs is 5. The zero-order chi connectivity index (χ0) is 12.8. The van der Waals surface area contributed by atoms with Crippen LogP contribution in [0, 0.1) is 6.92 Å². The molecule has 1 aromatic heterocycles. The van der Waals surface area contributed by atoms with Crippen LogP contribution in [0.3, 0.4) is 0 Å². The Bertz CT molecular complexity index is 711. The van der Waals surface area contributed by atoms with Crippen LogP contribution in [0.4, 0.5) is 0 Å². The van der Waals surface area contributed by atoms with E-state index < -0.39 is 0 Å². The van der Waals surface area contributed by atoms with E-state index in [-0.39, 0.29) is 0 Å². The summed E-state index contributed by atoms with van der Waals surface area (Å²) in [6.45, 7) is 2.01. The summed E-state index contributed by atoms with van der Waals surface area (Å²) < 4.78 is 8.12. The van der Waals surface area contributed by atoms with Gasteiger partial charge in [-0.3, -0.25) is 4.57 Å². The summed E-state index contributed by atoms with van der Waals surface area (Å²) in [5.41, 5.74) is 3.04. The van der Waals surface area contributed by atoms with Crippen LogP contribution in [0.5, 0.6) is 11.5 Å². The maximum atomic E-state index is 6.02. The van der Waals surface area contributed by atoms with Crippen molar-refractivity contribution in [3.8, 4) is 28.6 Å². The molecular weight excluding hydrogens is 236 g/mol. The van der Waals surface area contributed by atoms with Crippen molar-refractivity contribution < 1.29 is 4.74 Å². The van der Waals surface area contributed by atoms with E-state index in [1.54, 1.807) is 0 Å². The molecule has 3 nitrogen and oxygen atoms in total. The van der Waals surface area contributed by atoms with Crippen molar-refractivity contribution in [1.82, 2.24) is 9.55 Å². The minimum atomic E-state index is 0.847. The Labute approximate surface area is 111 Å². The third-order valence-corrected chi connectivity index (χ3v) is 3.30. The number of nitrogens with zero attached hydrogens (tertiary/aromatic N) is 2. The molecule has 0 spiro atoms. The fourth-order valence-corrected chi connectivity index (χ4v) is 2.47. The topological polar surface area (TPSA) is 27.1 Å². The molecule has 0 amide bonds. The van der Waals surface area contributed by atoms with Gasteiger partial charge in [-0.2, -0.15) is 0 Å². The van der Waals surface area contributed by atoms with Crippen LogP contribution in [0.25, 0.3) is 17.1 Å². The first-order valence-corrected chi connectivity index (χ1v) is 6.25. The van der Waals surface area contributed by atoms with Crippen LogP contribution in [0.2, 0.25) is 0 Å². The molecule has 0 fully saturated rings. The zero-order valence-electron chi connectivity index (χ0n) is 10.5. The van der Waals surface area contributed by atoms with Gasteiger partial charge in [0.25, 0.3) is 0 Å². The molecule has 3 heteroatoms. The standard InChI is InChI=1S/C16H12N2O/c1-11-10-18-13-7-3-5-9-15(13)19-14-8-4-2-6-12(14)16(18)17-11/h2-10H,1H3. The lowest BCUT2D eigenvalue weighted by Crippen LogP contribution is -1.94. The van der Waals surface area contributed by atoms with Crippen LogP contribution < -0.4 is 4.74 Å². The highest BCUT2D eigenvalue weighted by Crippen LogP contribution is 2.40. The van der Waals surface area contributed by atoms with E-state index >= 15 is 0 Å². The molecule has 0 aliphatic carbocycles. The van der Waals surface area contributed by atoms with E-state index in [1.165, 1.54) is 0 Å². The summed E-state index contributed by atoms with van der Waals surface area (Å²) in [6, 6.07) is 16.0. The fraction of sp³-hybridized carbons (Fsp3) is 0.0625. The van der Waals surface area contributed by atoms with Gasteiger partial charge >= 0.3 is 0 Å². The van der Waals surface area contributed by atoms with Gasteiger partial charge in [-0.15, -0.1) is 0 Å². The number of aromatic nitrogens is 2. The normalized spacial score (nSPS) is 11.8. The zero-order valence-corrected chi connectivity index (χ0v) is 10.5. The Kier molecular flexibility index (Phi) is 2.03. The molecule has 0 atom stereocenters. The Morgan fingerprint density at radius 3 is 2.58 bits per heavy atom. The fourth-order valence-electron chi connectivity index (χ4n) is 2.47. The monoisotopic (exact) mass is 248 g/mol. The van der Waals surface area contributed by atoms with Gasteiger partial charge in [-0.1, -0.05) is 24.3 Å². The second-order valence-corrected chi connectivity index (χ2v) is 4.64. The van der Waals surface area contributed by atoms with E-state index in [4.69, 9.17) is 4.74 Å². The molecular formula is C16H12N2O. The number of hydrogen-bond donors (Lipinski definition) is 0. The number of para-hydroxylation sites is 3. The number of imidazole rings is 1. The number of ether oxygens (including phenoxy) is 1. The molecule has 0 N–H and O–H groups in total.